The van der Waals surface area contributed by atoms with Crippen LogP contribution in [-0.4, -0.2) is 22.9 Å². The van der Waals surface area contributed by atoms with Gasteiger partial charge < -0.3 is 14.3 Å². The highest BCUT2D eigenvalue weighted by atomic mass is 16.6. The molecule has 3 nitrogen and oxygen atoms in total. The lowest BCUT2D eigenvalue weighted by molar-refractivity contribution is -0.0760. The van der Waals surface area contributed by atoms with E-state index in [1.54, 1.807) is 5.57 Å². The Morgan fingerprint density at radius 2 is 2.04 bits per heavy atom. The summed E-state index contributed by atoms with van der Waals surface area (Å²) in [5, 5.41) is 10.2. The molecule has 1 saturated heterocycles. The van der Waals surface area contributed by atoms with Crippen LogP contribution in [0.1, 0.15) is 70.3 Å². The summed E-state index contributed by atoms with van der Waals surface area (Å²) >= 11 is 0. The molecule has 1 aromatic rings. The molecule has 8 atom stereocenters. The highest BCUT2D eigenvalue weighted by Crippen LogP contribution is 2.77. The molecule has 0 radical (unpaired) electrons. The number of aliphatic hydroxyl groups excluding tert-OH is 1. The third kappa shape index (κ3) is 1.69. The van der Waals surface area contributed by atoms with Gasteiger partial charge in [0.05, 0.1) is 24.7 Å². The molecule has 3 saturated carbocycles. The average molecular weight is 354 g/mol. The van der Waals surface area contributed by atoms with Crippen LogP contribution in [0.2, 0.25) is 0 Å². The maximum absolute atomic E-state index is 10.2. The van der Waals surface area contributed by atoms with Gasteiger partial charge in [0.25, 0.3) is 0 Å². The first-order valence-corrected chi connectivity index (χ1v) is 10.6. The van der Waals surface area contributed by atoms with Crippen LogP contribution in [0.25, 0.3) is 0 Å². The smallest absolute Gasteiger partial charge is 0.104 e. The van der Waals surface area contributed by atoms with E-state index in [4.69, 9.17) is 9.15 Å². The van der Waals surface area contributed by atoms with Crippen LogP contribution in [0.3, 0.4) is 0 Å². The lowest BCUT2D eigenvalue weighted by Crippen LogP contribution is -2.55. The number of hydrogen-bond acceptors (Lipinski definition) is 3. The van der Waals surface area contributed by atoms with E-state index < -0.39 is 0 Å². The summed E-state index contributed by atoms with van der Waals surface area (Å²) in [5.74, 6) is 1.94. The molecule has 1 aromatic heterocycles. The summed E-state index contributed by atoms with van der Waals surface area (Å²) < 4.78 is 12.0. The fourth-order valence-electron chi connectivity index (χ4n) is 8.05. The van der Waals surface area contributed by atoms with Gasteiger partial charge in [-0.3, -0.25) is 0 Å². The second-order valence-corrected chi connectivity index (χ2v) is 10.2. The Labute approximate surface area is 155 Å². The van der Waals surface area contributed by atoms with E-state index in [2.05, 4.69) is 26.0 Å². The molecule has 4 aliphatic carbocycles. The number of ether oxygens (including phenoxy) is 1. The van der Waals surface area contributed by atoms with Crippen LogP contribution in [0.15, 0.2) is 34.7 Å². The molecule has 1 aliphatic heterocycles. The number of allylic oxidation sites excluding steroid dienone is 1. The van der Waals surface area contributed by atoms with Gasteiger partial charge in [0.15, 0.2) is 0 Å². The minimum Gasteiger partial charge on any atom is -0.472 e. The number of aliphatic hydroxyl groups is 1. The largest absolute Gasteiger partial charge is 0.472 e. The highest BCUT2D eigenvalue weighted by Gasteiger charge is 2.80. The van der Waals surface area contributed by atoms with Crippen molar-refractivity contribution in [2.45, 2.75) is 82.5 Å². The van der Waals surface area contributed by atoms with Crippen LogP contribution in [0.4, 0.5) is 0 Å². The Kier molecular flexibility index (Phi) is 2.98. The Balaban J connectivity index is 1.40. The van der Waals surface area contributed by atoms with Crippen LogP contribution >= 0.6 is 0 Å². The van der Waals surface area contributed by atoms with Crippen molar-refractivity contribution in [3.05, 3.63) is 35.8 Å². The van der Waals surface area contributed by atoms with Gasteiger partial charge in [-0.1, -0.05) is 25.5 Å². The van der Waals surface area contributed by atoms with Gasteiger partial charge in [0.1, 0.15) is 5.60 Å². The Bertz CT molecular complexity index is 766. The molecule has 5 aliphatic rings. The van der Waals surface area contributed by atoms with E-state index in [0.29, 0.717) is 17.9 Å². The lowest BCUT2D eigenvalue weighted by Gasteiger charge is -2.58. The lowest BCUT2D eigenvalue weighted by atomic mass is 9.46. The summed E-state index contributed by atoms with van der Waals surface area (Å²) in [5.41, 5.74) is 3.51. The van der Waals surface area contributed by atoms with Gasteiger partial charge in [0, 0.05) is 5.41 Å². The van der Waals surface area contributed by atoms with Crippen molar-refractivity contribution in [2.24, 2.45) is 22.7 Å². The van der Waals surface area contributed by atoms with Gasteiger partial charge >= 0.3 is 0 Å². The average Bonchev–Trinajstić information content (AvgIpc) is 2.99. The van der Waals surface area contributed by atoms with Crippen molar-refractivity contribution in [1.82, 2.24) is 0 Å². The summed E-state index contributed by atoms with van der Waals surface area (Å²) in [7, 11) is 0. The zero-order valence-electron chi connectivity index (χ0n) is 15.9. The molecular formula is C23H30O3. The molecule has 0 bridgehead atoms. The molecule has 1 N–H and O–H groups in total. The number of furan rings is 1. The van der Waals surface area contributed by atoms with Gasteiger partial charge in [-0.2, -0.15) is 0 Å². The van der Waals surface area contributed by atoms with Crippen molar-refractivity contribution in [2.75, 3.05) is 0 Å². The van der Waals surface area contributed by atoms with Gasteiger partial charge in [0.2, 0.25) is 0 Å². The van der Waals surface area contributed by atoms with Crippen LogP contribution in [-0.2, 0) is 4.74 Å². The zero-order valence-corrected chi connectivity index (χ0v) is 15.9. The highest BCUT2D eigenvalue weighted by molar-refractivity contribution is 5.37. The maximum Gasteiger partial charge on any atom is 0.104 e. The summed E-state index contributed by atoms with van der Waals surface area (Å²) in [6.07, 6.45) is 14.5. The Hall–Kier alpha value is -1.06. The maximum atomic E-state index is 10.2. The van der Waals surface area contributed by atoms with Crippen molar-refractivity contribution in [3.63, 3.8) is 0 Å². The van der Waals surface area contributed by atoms with Crippen LogP contribution in [0.5, 0.6) is 0 Å². The van der Waals surface area contributed by atoms with E-state index in [9.17, 15) is 5.11 Å². The summed E-state index contributed by atoms with van der Waals surface area (Å²) in [6, 6.07) is 2.17. The van der Waals surface area contributed by atoms with Crippen molar-refractivity contribution in [3.8, 4) is 0 Å². The second-order valence-electron chi connectivity index (χ2n) is 10.2. The number of rotatable bonds is 1. The molecule has 26 heavy (non-hydrogen) atoms. The first kappa shape index (κ1) is 15.9. The monoisotopic (exact) mass is 354 g/mol. The fraction of sp³-hybridized carbons (Fsp3) is 0.739. The van der Waals surface area contributed by atoms with E-state index in [0.717, 1.165) is 38.0 Å². The van der Waals surface area contributed by atoms with E-state index in [-0.39, 0.29) is 22.5 Å². The summed E-state index contributed by atoms with van der Waals surface area (Å²) in [4.78, 5) is 0. The minimum absolute atomic E-state index is 0.0823. The number of hydrogen-bond donors (Lipinski definition) is 1. The topological polar surface area (TPSA) is 45.9 Å². The van der Waals surface area contributed by atoms with Gasteiger partial charge in [-0.05, 0) is 79.7 Å². The molecule has 0 amide bonds. The second kappa shape index (κ2) is 4.86. The van der Waals surface area contributed by atoms with E-state index >= 15 is 0 Å². The predicted octanol–water partition coefficient (Wildman–Crippen LogP) is 4.82. The minimum atomic E-state index is -0.125. The first-order chi connectivity index (χ1) is 12.5. The number of epoxide rings is 1. The molecule has 0 aromatic carbocycles. The van der Waals surface area contributed by atoms with Gasteiger partial charge in [-0.25, -0.2) is 0 Å². The molecule has 4 fully saturated rings. The molecular weight excluding hydrogens is 324 g/mol. The third-order valence-electron chi connectivity index (χ3n) is 9.45. The molecule has 6 rings (SSSR count). The fourth-order valence-corrected chi connectivity index (χ4v) is 8.05. The molecule has 0 unspecified atom stereocenters. The van der Waals surface area contributed by atoms with E-state index in [1.165, 1.54) is 18.4 Å². The quantitative estimate of drug-likeness (QED) is 0.581. The predicted molar refractivity (Wildman–Crippen MR) is 98.7 cm³/mol. The molecule has 2 heterocycles. The zero-order chi connectivity index (χ0) is 17.7. The van der Waals surface area contributed by atoms with E-state index in [1.807, 2.05) is 12.5 Å². The molecule has 140 valence electrons. The van der Waals surface area contributed by atoms with Crippen LogP contribution in [0, 0.1) is 22.7 Å². The third-order valence-corrected chi connectivity index (χ3v) is 9.45. The van der Waals surface area contributed by atoms with Gasteiger partial charge in [-0.15, -0.1) is 0 Å². The molecule has 3 heteroatoms. The SMILES string of the molecule is C[C@]12CC[C@H](O)CC1=CC[C@@H]1[C@@H]2CC[C@]2(C)[C@@H](c3ccoc3)C[C@H]3O[C@]132. The standard InChI is InChI=1S/C23H30O3/c1-21-8-5-16(24)11-15(21)3-4-18-17(21)6-9-22(2)19(14-7-10-25-13-14)12-20-23(18,22)26-20/h3,7,10,13,16-20,24H,4-6,8-9,11-12H2,1-2H3/t16-,17-,18+,19+,20+,21-,22+,23+/m0/s1. The Morgan fingerprint density at radius 3 is 2.85 bits per heavy atom. The van der Waals surface area contributed by atoms with Crippen molar-refractivity contribution < 1.29 is 14.3 Å². The van der Waals surface area contributed by atoms with Crippen molar-refractivity contribution in [1.29, 1.82) is 0 Å². The number of fused-ring (bicyclic) bond motifs is 3. The summed E-state index contributed by atoms with van der Waals surface area (Å²) in [6.45, 7) is 4.99. The van der Waals surface area contributed by atoms with Crippen LogP contribution < -0.4 is 0 Å². The first-order valence-electron chi connectivity index (χ1n) is 10.6. The van der Waals surface area contributed by atoms with Crippen molar-refractivity contribution >= 4 is 0 Å². The Morgan fingerprint density at radius 1 is 1.15 bits per heavy atom. The molecule has 1 spiro atoms. The normalized spacial score (nSPS) is 54.6.